The molecule has 2 heterocycles. The van der Waals surface area contributed by atoms with Gasteiger partial charge in [-0.1, -0.05) is 16.8 Å². The van der Waals surface area contributed by atoms with Crippen molar-refractivity contribution < 1.29 is 14.4 Å². The van der Waals surface area contributed by atoms with Crippen LogP contribution in [0.5, 0.6) is 0 Å². The number of nitrogens with one attached hydrogen (secondary N) is 2. The molecule has 0 aliphatic carbocycles. The highest BCUT2D eigenvalue weighted by Gasteiger charge is 2.34. The Morgan fingerprint density at radius 1 is 1.31 bits per heavy atom. The Labute approximate surface area is 175 Å². The maximum absolute atomic E-state index is 9.36. The van der Waals surface area contributed by atoms with E-state index >= 15 is 0 Å². The van der Waals surface area contributed by atoms with E-state index in [0.29, 0.717) is 49.3 Å². The second-order valence-electron chi connectivity index (χ2n) is 7.17. The third-order valence-corrected chi connectivity index (χ3v) is 5.20. The number of aliphatic imine (C=N–C) groups is 1. The van der Waals surface area contributed by atoms with Crippen molar-refractivity contribution in [2.75, 3.05) is 39.5 Å². The number of guanidine groups is 1. The van der Waals surface area contributed by atoms with Gasteiger partial charge >= 0.3 is 0 Å². The summed E-state index contributed by atoms with van der Waals surface area (Å²) in [5.41, 5.74) is 0.789. The zero-order chi connectivity index (χ0) is 20.5. The van der Waals surface area contributed by atoms with Gasteiger partial charge in [-0.25, -0.2) is 0 Å². The van der Waals surface area contributed by atoms with Gasteiger partial charge in [-0.05, 0) is 44.0 Å². The molecule has 1 unspecified atom stereocenters. The largest absolute Gasteiger partial charge is 0.396 e. The number of ether oxygens (including phenoxy) is 1. The predicted octanol–water partition coefficient (Wildman–Crippen LogP) is 2.28. The summed E-state index contributed by atoms with van der Waals surface area (Å²) in [6, 6.07) is 7.32. The van der Waals surface area contributed by atoms with Crippen molar-refractivity contribution in [1.82, 2.24) is 20.8 Å². The van der Waals surface area contributed by atoms with Crippen LogP contribution in [0.2, 0.25) is 5.02 Å². The molecular weight excluding hydrogens is 394 g/mol. The van der Waals surface area contributed by atoms with Crippen LogP contribution in [0.25, 0.3) is 11.4 Å². The van der Waals surface area contributed by atoms with E-state index in [-0.39, 0.29) is 12.0 Å². The van der Waals surface area contributed by atoms with Gasteiger partial charge in [0.15, 0.2) is 5.96 Å². The van der Waals surface area contributed by atoms with E-state index in [9.17, 15) is 5.11 Å². The zero-order valence-electron chi connectivity index (χ0n) is 16.7. The van der Waals surface area contributed by atoms with Crippen LogP contribution in [0, 0.1) is 5.41 Å². The summed E-state index contributed by atoms with van der Waals surface area (Å²) in [5, 5.41) is 20.6. The lowest BCUT2D eigenvalue weighted by molar-refractivity contribution is 0.131. The monoisotopic (exact) mass is 421 g/mol. The van der Waals surface area contributed by atoms with Crippen LogP contribution < -0.4 is 10.6 Å². The number of aromatic nitrogens is 2. The zero-order valence-corrected chi connectivity index (χ0v) is 17.4. The second-order valence-corrected chi connectivity index (χ2v) is 7.60. The Bertz CT molecular complexity index is 788. The lowest BCUT2D eigenvalue weighted by Crippen LogP contribution is -2.39. The van der Waals surface area contributed by atoms with Crippen LogP contribution in [0.15, 0.2) is 33.8 Å². The molecule has 1 atom stereocenters. The Morgan fingerprint density at radius 2 is 2.14 bits per heavy atom. The molecular formula is C20H28ClN5O3. The third kappa shape index (κ3) is 6.16. The first-order chi connectivity index (χ1) is 14.1. The molecule has 0 saturated carbocycles. The Hall–Kier alpha value is -2.16. The SMILES string of the molecule is CCNC(=NCC1(CCO)CCOC1)NCCc1nc(-c2ccc(Cl)cc2)no1. The normalized spacial score (nSPS) is 19.5. The van der Waals surface area contributed by atoms with Gasteiger partial charge in [0.05, 0.1) is 13.2 Å². The summed E-state index contributed by atoms with van der Waals surface area (Å²) in [6.07, 6.45) is 2.20. The highest BCUT2D eigenvalue weighted by atomic mass is 35.5. The van der Waals surface area contributed by atoms with E-state index in [2.05, 4.69) is 20.8 Å². The summed E-state index contributed by atoms with van der Waals surface area (Å²) < 4.78 is 10.9. The quantitative estimate of drug-likeness (QED) is 0.421. The smallest absolute Gasteiger partial charge is 0.228 e. The molecule has 0 amide bonds. The Morgan fingerprint density at radius 3 is 2.83 bits per heavy atom. The maximum Gasteiger partial charge on any atom is 0.228 e. The van der Waals surface area contributed by atoms with Crippen molar-refractivity contribution in [1.29, 1.82) is 0 Å². The molecule has 3 rings (SSSR count). The lowest BCUT2D eigenvalue weighted by Gasteiger charge is -2.24. The molecule has 1 aromatic heterocycles. The minimum atomic E-state index is -0.0724. The maximum atomic E-state index is 9.36. The molecule has 1 aliphatic rings. The molecule has 9 heteroatoms. The molecule has 1 aromatic carbocycles. The van der Waals surface area contributed by atoms with Crippen LogP contribution in [0.3, 0.4) is 0 Å². The van der Waals surface area contributed by atoms with Crippen molar-refractivity contribution in [2.24, 2.45) is 10.4 Å². The predicted molar refractivity (Wildman–Crippen MR) is 112 cm³/mol. The van der Waals surface area contributed by atoms with E-state index < -0.39 is 0 Å². The van der Waals surface area contributed by atoms with E-state index in [1.54, 1.807) is 12.1 Å². The molecule has 8 nitrogen and oxygen atoms in total. The average Bonchev–Trinajstić information content (AvgIpc) is 3.37. The number of rotatable bonds is 9. The summed E-state index contributed by atoms with van der Waals surface area (Å²) >= 11 is 5.91. The van der Waals surface area contributed by atoms with Crippen LogP contribution in [0.4, 0.5) is 0 Å². The second kappa shape index (κ2) is 10.6. The van der Waals surface area contributed by atoms with E-state index in [4.69, 9.17) is 25.9 Å². The van der Waals surface area contributed by atoms with Gasteiger partial charge in [-0.15, -0.1) is 0 Å². The standard InChI is InChI=1S/C20H28ClN5O3/c1-2-22-19(24-13-20(8-11-27)9-12-28-14-20)23-10-7-17-25-18(26-29-17)15-3-5-16(21)6-4-15/h3-6,27H,2,7-14H2,1H3,(H2,22,23,24). The third-order valence-electron chi connectivity index (χ3n) is 4.95. The molecule has 1 fully saturated rings. The van der Waals surface area contributed by atoms with Crippen molar-refractivity contribution >= 4 is 17.6 Å². The summed E-state index contributed by atoms with van der Waals surface area (Å²) in [6.45, 7) is 5.53. The minimum Gasteiger partial charge on any atom is -0.396 e. The summed E-state index contributed by atoms with van der Waals surface area (Å²) in [5.74, 6) is 1.83. The van der Waals surface area contributed by atoms with Crippen molar-refractivity contribution in [3.05, 3.63) is 35.2 Å². The molecule has 1 saturated heterocycles. The number of aliphatic hydroxyl groups is 1. The van der Waals surface area contributed by atoms with E-state index in [1.165, 1.54) is 0 Å². The van der Waals surface area contributed by atoms with E-state index in [1.807, 2.05) is 19.1 Å². The minimum absolute atomic E-state index is 0.0724. The van der Waals surface area contributed by atoms with Crippen LogP contribution in [0.1, 0.15) is 25.7 Å². The molecule has 29 heavy (non-hydrogen) atoms. The molecule has 0 spiro atoms. The van der Waals surface area contributed by atoms with Crippen LogP contribution in [-0.2, 0) is 11.2 Å². The Balaban J connectivity index is 1.53. The lowest BCUT2D eigenvalue weighted by atomic mass is 9.84. The Kier molecular flexibility index (Phi) is 7.85. The topological polar surface area (TPSA) is 105 Å². The van der Waals surface area contributed by atoms with E-state index in [0.717, 1.165) is 31.1 Å². The molecule has 2 aromatic rings. The first-order valence-electron chi connectivity index (χ1n) is 9.93. The number of benzene rings is 1. The van der Waals surface area contributed by atoms with Crippen LogP contribution in [-0.4, -0.2) is 60.7 Å². The fourth-order valence-electron chi connectivity index (χ4n) is 3.24. The first kappa shape index (κ1) is 21.5. The highest BCUT2D eigenvalue weighted by Crippen LogP contribution is 2.32. The molecule has 0 bridgehead atoms. The van der Waals surface area contributed by atoms with Crippen molar-refractivity contribution in [3.63, 3.8) is 0 Å². The fourth-order valence-corrected chi connectivity index (χ4v) is 3.36. The first-order valence-corrected chi connectivity index (χ1v) is 10.3. The molecule has 0 radical (unpaired) electrons. The van der Waals surface area contributed by atoms with Crippen molar-refractivity contribution in [2.45, 2.75) is 26.2 Å². The van der Waals surface area contributed by atoms with Crippen LogP contribution >= 0.6 is 11.6 Å². The number of aliphatic hydroxyl groups excluding tert-OH is 1. The van der Waals surface area contributed by atoms with Gasteiger partial charge < -0.3 is 25.0 Å². The molecule has 1 aliphatic heterocycles. The van der Waals surface area contributed by atoms with Gasteiger partial charge in [-0.2, -0.15) is 4.98 Å². The summed E-state index contributed by atoms with van der Waals surface area (Å²) in [4.78, 5) is 9.13. The van der Waals surface area contributed by atoms with Gasteiger partial charge in [0, 0.05) is 48.7 Å². The van der Waals surface area contributed by atoms with Gasteiger partial charge in [0.2, 0.25) is 11.7 Å². The number of hydrogen-bond donors (Lipinski definition) is 3. The van der Waals surface area contributed by atoms with Gasteiger partial charge in [0.1, 0.15) is 0 Å². The number of hydrogen-bond acceptors (Lipinski definition) is 6. The van der Waals surface area contributed by atoms with Crippen molar-refractivity contribution in [3.8, 4) is 11.4 Å². The summed E-state index contributed by atoms with van der Waals surface area (Å²) in [7, 11) is 0. The number of nitrogens with zero attached hydrogens (tertiary/aromatic N) is 3. The fraction of sp³-hybridized carbons (Fsp3) is 0.550. The number of halogens is 1. The average molecular weight is 422 g/mol. The van der Waals surface area contributed by atoms with Gasteiger partial charge in [-0.3, -0.25) is 4.99 Å². The van der Waals surface area contributed by atoms with Gasteiger partial charge in [0.25, 0.3) is 0 Å². The highest BCUT2D eigenvalue weighted by molar-refractivity contribution is 6.30. The molecule has 3 N–H and O–H groups in total. The molecule has 158 valence electrons.